The monoisotopic (exact) mass is 283 g/mol. The van der Waals surface area contributed by atoms with Crippen LogP contribution >= 0.6 is 15.9 Å². The average Bonchev–Trinajstić information content (AvgIpc) is 2.58. The van der Waals surface area contributed by atoms with Crippen molar-refractivity contribution >= 4 is 21.8 Å². The Balaban J connectivity index is 2.83. The maximum Gasteiger partial charge on any atom is 0.270 e. The fourth-order valence-corrected chi connectivity index (χ4v) is 2.01. The molecule has 0 radical (unpaired) electrons. The van der Waals surface area contributed by atoms with Crippen LogP contribution in [0.4, 0.5) is 0 Å². The Hall–Kier alpha value is -1.28. The van der Waals surface area contributed by atoms with Crippen molar-refractivity contribution in [2.24, 2.45) is 7.05 Å². The lowest BCUT2D eigenvalue weighted by Gasteiger charge is -2.19. The van der Waals surface area contributed by atoms with Crippen molar-refractivity contribution < 1.29 is 4.79 Å². The van der Waals surface area contributed by atoms with Crippen LogP contribution in [0.3, 0.4) is 0 Å². The average molecular weight is 284 g/mol. The van der Waals surface area contributed by atoms with Crippen LogP contribution in [-0.2, 0) is 7.05 Å². The summed E-state index contributed by atoms with van der Waals surface area (Å²) in [5.74, 6) is -0.0362. The van der Waals surface area contributed by atoms with Gasteiger partial charge < -0.3 is 9.47 Å². The second-order valence-corrected chi connectivity index (χ2v) is 4.36. The van der Waals surface area contributed by atoms with Crippen molar-refractivity contribution in [3.8, 4) is 6.07 Å². The van der Waals surface area contributed by atoms with Crippen molar-refractivity contribution in [2.75, 3.05) is 13.1 Å². The lowest BCUT2D eigenvalue weighted by molar-refractivity contribution is 0.0758. The first-order valence-electron chi connectivity index (χ1n) is 5.08. The highest BCUT2D eigenvalue weighted by Gasteiger charge is 2.17. The number of nitrogens with zero attached hydrogens (tertiary/aromatic N) is 3. The maximum absolute atomic E-state index is 12.1. The summed E-state index contributed by atoms with van der Waals surface area (Å²) in [6.07, 6.45) is 2.20. The lowest BCUT2D eigenvalue weighted by Crippen LogP contribution is -2.32. The molecule has 1 rings (SSSR count). The van der Waals surface area contributed by atoms with Gasteiger partial charge in [-0.3, -0.25) is 4.79 Å². The molecule has 1 aromatic heterocycles. The van der Waals surface area contributed by atoms with Crippen LogP contribution in [0.1, 0.15) is 23.8 Å². The molecule has 0 spiro atoms. The van der Waals surface area contributed by atoms with Crippen molar-refractivity contribution in [3.05, 3.63) is 22.4 Å². The van der Waals surface area contributed by atoms with Gasteiger partial charge in [0.1, 0.15) is 5.69 Å². The first-order chi connectivity index (χ1) is 7.60. The third-order valence-electron chi connectivity index (χ3n) is 2.35. The van der Waals surface area contributed by atoms with Gasteiger partial charge >= 0.3 is 0 Å². The molecule has 86 valence electrons. The van der Waals surface area contributed by atoms with Gasteiger partial charge in [-0.25, -0.2) is 0 Å². The number of hydrogen-bond acceptors (Lipinski definition) is 2. The second kappa shape index (κ2) is 5.71. The van der Waals surface area contributed by atoms with Gasteiger partial charge in [-0.05, 0) is 28.9 Å². The summed E-state index contributed by atoms with van der Waals surface area (Å²) in [5.41, 5.74) is 0.631. The smallest absolute Gasteiger partial charge is 0.270 e. The van der Waals surface area contributed by atoms with E-state index in [1.54, 1.807) is 15.5 Å². The fraction of sp³-hybridized carbons (Fsp3) is 0.455. The Bertz CT molecular complexity index is 419. The van der Waals surface area contributed by atoms with E-state index in [0.29, 0.717) is 25.2 Å². The SMILES string of the molecule is CCN(CCC#N)C(=O)c1cc(Br)cn1C. The third-order valence-corrected chi connectivity index (χ3v) is 2.79. The van der Waals surface area contributed by atoms with Crippen LogP contribution in [0.2, 0.25) is 0 Å². The van der Waals surface area contributed by atoms with E-state index in [2.05, 4.69) is 15.9 Å². The van der Waals surface area contributed by atoms with E-state index in [4.69, 9.17) is 5.26 Å². The van der Waals surface area contributed by atoms with Crippen LogP contribution in [0, 0.1) is 11.3 Å². The topological polar surface area (TPSA) is 49.0 Å². The lowest BCUT2D eigenvalue weighted by atomic mass is 10.3. The summed E-state index contributed by atoms with van der Waals surface area (Å²) in [7, 11) is 1.83. The molecule has 0 aliphatic rings. The summed E-state index contributed by atoms with van der Waals surface area (Å²) in [4.78, 5) is 13.8. The molecule has 0 aliphatic heterocycles. The van der Waals surface area contributed by atoms with Crippen LogP contribution in [0.25, 0.3) is 0 Å². The Labute approximate surface area is 104 Å². The van der Waals surface area contributed by atoms with E-state index in [0.717, 1.165) is 4.47 Å². The molecule has 1 amide bonds. The van der Waals surface area contributed by atoms with Gasteiger partial charge in [0, 0.05) is 30.8 Å². The molecule has 0 unspecified atom stereocenters. The number of hydrogen-bond donors (Lipinski definition) is 0. The van der Waals surface area contributed by atoms with Crippen LogP contribution in [-0.4, -0.2) is 28.5 Å². The zero-order valence-corrected chi connectivity index (χ0v) is 11.0. The van der Waals surface area contributed by atoms with E-state index in [-0.39, 0.29) is 5.91 Å². The molecule has 1 heterocycles. The Morgan fingerprint density at radius 1 is 1.69 bits per heavy atom. The Kier molecular flexibility index (Phi) is 4.56. The van der Waals surface area contributed by atoms with Gasteiger partial charge in [0.05, 0.1) is 12.5 Å². The van der Waals surface area contributed by atoms with Crippen molar-refractivity contribution in [1.82, 2.24) is 9.47 Å². The minimum atomic E-state index is -0.0362. The standard InChI is InChI=1S/C11H14BrN3O/c1-3-15(6-4-5-13)11(16)10-7-9(12)8-14(10)2/h7-8H,3-4,6H2,1-2H3. The Morgan fingerprint density at radius 2 is 2.38 bits per heavy atom. The molecule has 5 heteroatoms. The number of rotatable bonds is 4. The predicted octanol–water partition coefficient (Wildman–Crippen LogP) is 2.16. The molecular formula is C11H14BrN3O. The van der Waals surface area contributed by atoms with E-state index < -0.39 is 0 Å². The van der Waals surface area contributed by atoms with Gasteiger partial charge in [-0.2, -0.15) is 5.26 Å². The predicted molar refractivity (Wildman–Crippen MR) is 64.9 cm³/mol. The number of carbonyl (C=O) groups excluding carboxylic acids is 1. The van der Waals surface area contributed by atoms with Gasteiger partial charge in [0.25, 0.3) is 5.91 Å². The van der Waals surface area contributed by atoms with E-state index in [1.807, 2.05) is 26.2 Å². The fourth-order valence-electron chi connectivity index (χ4n) is 1.49. The summed E-state index contributed by atoms with van der Waals surface area (Å²) >= 11 is 3.33. The number of aryl methyl sites for hydroxylation is 1. The molecule has 0 fully saturated rings. The van der Waals surface area contributed by atoms with Crippen molar-refractivity contribution in [3.63, 3.8) is 0 Å². The molecule has 0 bridgehead atoms. The molecule has 0 saturated carbocycles. The molecule has 0 N–H and O–H groups in total. The maximum atomic E-state index is 12.1. The minimum absolute atomic E-state index is 0.0362. The van der Waals surface area contributed by atoms with Gasteiger partial charge in [0.2, 0.25) is 0 Å². The van der Waals surface area contributed by atoms with Gasteiger partial charge in [-0.1, -0.05) is 0 Å². The van der Waals surface area contributed by atoms with Crippen LogP contribution in [0.5, 0.6) is 0 Å². The third kappa shape index (κ3) is 2.86. The molecule has 1 aromatic rings. The van der Waals surface area contributed by atoms with Crippen molar-refractivity contribution in [2.45, 2.75) is 13.3 Å². The highest BCUT2D eigenvalue weighted by atomic mass is 79.9. The van der Waals surface area contributed by atoms with Crippen LogP contribution in [0.15, 0.2) is 16.7 Å². The largest absolute Gasteiger partial charge is 0.345 e. The zero-order valence-electron chi connectivity index (χ0n) is 9.40. The molecule has 0 aromatic carbocycles. The highest BCUT2D eigenvalue weighted by molar-refractivity contribution is 9.10. The quantitative estimate of drug-likeness (QED) is 0.850. The molecule has 16 heavy (non-hydrogen) atoms. The molecule has 4 nitrogen and oxygen atoms in total. The van der Waals surface area contributed by atoms with Crippen molar-refractivity contribution in [1.29, 1.82) is 5.26 Å². The first-order valence-corrected chi connectivity index (χ1v) is 5.87. The summed E-state index contributed by atoms with van der Waals surface area (Å²) in [5, 5.41) is 8.52. The van der Waals surface area contributed by atoms with E-state index in [9.17, 15) is 4.79 Å². The Morgan fingerprint density at radius 3 is 2.81 bits per heavy atom. The minimum Gasteiger partial charge on any atom is -0.345 e. The first kappa shape index (κ1) is 12.8. The number of amides is 1. The molecule has 0 atom stereocenters. The normalized spacial score (nSPS) is 9.88. The highest BCUT2D eigenvalue weighted by Crippen LogP contribution is 2.15. The molecule has 0 aliphatic carbocycles. The van der Waals surface area contributed by atoms with Crippen LogP contribution < -0.4 is 0 Å². The molecule has 0 saturated heterocycles. The summed E-state index contributed by atoms with van der Waals surface area (Å²) in [6.45, 7) is 3.01. The van der Waals surface area contributed by atoms with Gasteiger partial charge in [0.15, 0.2) is 0 Å². The number of nitriles is 1. The number of carbonyl (C=O) groups is 1. The summed E-state index contributed by atoms with van der Waals surface area (Å²) < 4.78 is 2.66. The number of aromatic nitrogens is 1. The second-order valence-electron chi connectivity index (χ2n) is 3.45. The van der Waals surface area contributed by atoms with Gasteiger partial charge in [-0.15, -0.1) is 0 Å². The summed E-state index contributed by atoms with van der Waals surface area (Å²) in [6, 6.07) is 3.84. The van der Waals surface area contributed by atoms with E-state index >= 15 is 0 Å². The number of halogens is 1. The zero-order chi connectivity index (χ0) is 12.1. The molecular weight excluding hydrogens is 270 g/mol. The van der Waals surface area contributed by atoms with E-state index in [1.165, 1.54) is 0 Å².